The quantitative estimate of drug-likeness (QED) is 0.422. The monoisotopic (exact) mass is 446 g/mol. The minimum atomic E-state index is -3.59. The molecule has 0 aliphatic heterocycles. The molecule has 0 saturated carbocycles. The fourth-order valence-corrected chi connectivity index (χ4v) is 4.97. The Morgan fingerprint density at radius 1 is 0.688 bits per heavy atom. The molecule has 3 aromatic rings. The van der Waals surface area contributed by atoms with E-state index in [-0.39, 0.29) is 0 Å². The Morgan fingerprint density at radius 3 is 1.75 bits per heavy atom. The summed E-state index contributed by atoms with van der Waals surface area (Å²) in [4.78, 5) is 4.35. The van der Waals surface area contributed by atoms with E-state index in [4.69, 9.17) is 0 Å². The van der Waals surface area contributed by atoms with Crippen molar-refractivity contribution in [3.05, 3.63) is 108 Å². The number of nitrogens with zero attached hydrogens (tertiary/aromatic N) is 2. The summed E-state index contributed by atoms with van der Waals surface area (Å²) in [7, 11) is 4.35. The summed E-state index contributed by atoms with van der Waals surface area (Å²) < 4.78 is 26.9. The molecule has 166 valence electrons. The van der Waals surface area contributed by atoms with Gasteiger partial charge < -0.3 is 9.80 Å². The molecule has 1 unspecified atom stereocenters. The van der Waals surface area contributed by atoms with Crippen LogP contribution in [0.1, 0.15) is 16.4 Å². The van der Waals surface area contributed by atoms with Gasteiger partial charge in [0.2, 0.25) is 0 Å². The van der Waals surface area contributed by atoms with Gasteiger partial charge in [0.15, 0.2) is 9.84 Å². The van der Waals surface area contributed by atoms with Crippen LogP contribution in [0.3, 0.4) is 0 Å². The summed E-state index contributed by atoms with van der Waals surface area (Å²) in [5, 5.41) is -0.776. The van der Waals surface area contributed by atoms with Gasteiger partial charge in [-0.05, 0) is 47.5 Å². The van der Waals surface area contributed by atoms with Crippen molar-refractivity contribution in [2.24, 2.45) is 0 Å². The number of hydrogen-bond acceptors (Lipinski definition) is 4. The molecular weight excluding hydrogens is 416 g/mol. The van der Waals surface area contributed by atoms with Crippen LogP contribution in [0.15, 0.2) is 102 Å². The van der Waals surface area contributed by atoms with Gasteiger partial charge in [-0.3, -0.25) is 0 Å². The lowest BCUT2D eigenvalue weighted by atomic mass is 10.1. The van der Waals surface area contributed by atoms with Crippen LogP contribution in [0.5, 0.6) is 0 Å². The normalized spacial score (nSPS) is 12.9. The number of allylic oxidation sites excluding steroid dienone is 2. The molecule has 0 heterocycles. The molecule has 0 amide bonds. The third kappa shape index (κ3) is 5.68. The Bertz CT molecular complexity index is 1160. The molecule has 0 fully saturated rings. The minimum absolute atomic E-state index is 0.314. The average molecular weight is 447 g/mol. The lowest BCUT2D eigenvalue weighted by Gasteiger charge is -2.17. The second-order valence-electron chi connectivity index (χ2n) is 7.99. The molecule has 0 N–H and O–H groups in total. The molecule has 0 radical (unpaired) electrons. The maximum atomic E-state index is 13.4. The summed E-state index contributed by atoms with van der Waals surface area (Å²) in [6.45, 7) is 0. The molecule has 32 heavy (non-hydrogen) atoms. The lowest BCUT2D eigenvalue weighted by molar-refractivity contribution is 0.590. The first-order valence-corrected chi connectivity index (χ1v) is 12.0. The van der Waals surface area contributed by atoms with Crippen LogP contribution in [0.4, 0.5) is 11.4 Å². The first kappa shape index (κ1) is 23.4. The molecule has 5 heteroatoms. The Hall–Kier alpha value is -3.31. The Balaban J connectivity index is 1.90. The lowest BCUT2D eigenvalue weighted by Crippen LogP contribution is -2.13. The topological polar surface area (TPSA) is 40.6 Å². The Morgan fingerprint density at radius 2 is 1.22 bits per heavy atom. The van der Waals surface area contributed by atoms with Gasteiger partial charge in [-0.1, -0.05) is 66.8 Å². The first-order chi connectivity index (χ1) is 15.3. The van der Waals surface area contributed by atoms with Gasteiger partial charge in [0, 0.05) is 39.6 Å². The zero-order chi connectivity index (χ0) is 23.1. The van der Waals surface area contributed by atoms with Gasteiger partial charge in [-0.2, -0.15) is 0 Å². The summed E-state index contributed by atoms with van der Waals surface area (Å²) in [6, 6.07) is 24.5. The van der Waals surface area contributed by atoms with Crippen LogP contribution in [-0.2, 0) is 9.84 Å². The van der Waals surface area contributed by atoms with Crippen LogP contribution in [0.2, 0.25) is 0 Å². The molecule has 3 rings (SSSR count). The maximum absolute atomic E-state index is 13.4. The zero-order valence-electron chi connectivity index (χ0n) is 19.0. The van der Waals surface area contributed by atoms with Gasteiger partial charge in [-0.25, -0.2) is 8.42 Å². The predicted octanol–water partition coefficient (Wildman–Crippen LogP) is 5.60. The predicted molar refractivity (Wildman–Crippen MR) is 136 cm³/mol. The highest BCUT2D eigenvalue weighted by molar-refractivity contribution is 7.91. The van der Waals surface area contributed by atoms with Crippen LogP contribution in [-0.4, -0.2) is 36.6 Å². The zero-order valence-corrected chi connectivity index (χ0v) is 19.8. The highest BCUT2D eigenvalue weighted by atomic mass is 32.2. The van der Waals surface area contributed by atoms with E-state index in [2.05, 4.69) is 12.1 Å². The van der Waals surface area contributed by atoms with E-state index in [1.807, 2.05) is 98.7 Å². The van der Waals surface area contributed by atoms with Gasteiger partial charge in [-0.15, -0.1) is 0 Å². The SMILES string of the molecule is CN(C)c1ccc(C=CC=CC(c2ccc(N(C)C)cc2)S(=O)(=O)c2ccccc2)cc1. The van der Waals surface area contributed by atoms with Crippen LogP contribution in [0.25, 0.3) is 6.08 Å². The first-order valence-electron chi connectivity index (χ1n) is 10.5. The molecular formula is C27H30N2O2S. The van der Waals surface area contributed by atoms with Crippen molar-refractivity contribution in [2.45, 2.75) is 10.1 Å². The molecule has 0 saturated heterocycles. The number of rotatable bonds is 8. The summed E-state index contributed by atoms with van der Waals surface area (Å²) >= 11 is 0. The molecule has 0 spiro atoms. The standard InChI is InChI=1S/C27H30N2O2S/c1-28(2)24-18-14-22(15-19-24)10-8-9-13-27(23-16-20-25(21-17-23)29(3)4)32(30,31)26-11-6-5-7-12-26/h5-21,27H,1-4H3. The Labute approximate surface area is 192 Å². The van der Waals surface area contributed by atoms with Crippen LogP contribution in [0, 0.1) is 0 Å². The highest BCUT2D eigenvalue weighted by Crippen LogP contribution is 2.31. The number of sulfone groups is 1. The van der Waals surface area contributed by atoms with Crippen LogP contribution >= 0.6 is 0 Å². The molecule has 3 aromatic carbocycles. The minimum Gasteiger partial charge on any atom is -0.378 e. The van der Waals surface area contributed by atoms with E-state index >= 15 is 0 Å². The van der Waals surface area contributed by atoms with Crippen molar-refractivity contribution in [3.63, 3.8) is 0 Å². The molecule has 0 aliphatic carbocycles. The van der Waals surface area contributed by atoms with E-state index in [9.17, 15) is 8.42 Å². The van der Waals surface area contributed by atoms with Crippen molar-refractivity contribution in [1.82, 2.24) is 0 Å². The number of benzene rings is 3. The van der Waals surface area contributed by atoms with E-state index < -0.39 is 15.1 Å². The van der Waals surface area contributed by atoms with Crippen LogP contribution < -0.4 is 9.80 Å². The number of hydrogen-bond donors (Lipinski definition) is 0. The average Bonchev–Trinajstić information content (AvgIpc) is 2.80. The van der Waals surface area contributed by atoms with Crippen molar-refractivity contribution >= 4 is 27.3 Å². The maximum Gasteiger partial charge on any atom is 0.188 e. The third-order valence-corrected chi connectivity index (χ3v) is 7.27. The molecule has 0 aromatic heterocycles. The van der Waals surface area contributed by atoms with Gasteiger partial charge >= 0.3 is 0 Å². The van der Waals surface area contributed by atoms with Crippen molar-refractivity contribution in [1.29, 1.82) is 0 Å². The van der Waals surface area contributed by atoms with Crippen molar-refractivity contribution in [3.8, 4) is 0 Å². The van der Waals surface area contributed by atoms with Crippen molar-refractivity contribution < 1.29 is 8.42 Å². The van der Waals surface area contributed by atoms with E-state index in [0.717, 1.165) is 22.5 Å². The fraction of sp³-hybridized carbons (Fsp3) is 0.185. The summed E-state index contributed by atoms with van der Waals surface area (Å²) in [6.07, 6.45) is 7.41. The van der Waals surface area contributed by atoms with E-state index in [1.165, 1.54) is 0 Å². The largest absolute Gasteiger partial charge is 0.378 e. The number of anilines is 2. The second kappa shape index (κ2) is 10.3. The van der Waals surface area contributed by atoms with Gasteiger partial charge in [0.25, 0.3) is 0 Å². The van der Waals surface area contributed by atoms with E-state index in [1.54, 1.807) is 30.3 Å². The Kier molecular flexibility index (Phi) is 7.54. The highest BCUT2D eigenvalue weighted by Gasteiger charge is 2.26. The van der Waals surface area contributed by atoms with Crippen molar-refractivity contribution in [2.75, 3.05) is 38.0 Å². The molecule has 0 bridgehead atoms. The summed E-state index contributed by atoms with van der Waals surface area (Å²) in [5.74, 6) is 0. The second-order valence-corrected chi connectivity index (χ2v) is 10.1. The fourth-order valence-electron chi connectivity index (χ4n) is 3.33. The molecule has 1 atom stereocenters. The molecule has 4 nitrogen and oxygen atoms in total. The summed E-state index contributed by atoms with van der Waals surface area (Å²) in [5.41, 5.74) is 3.94. The van der Waals surface area contributed by atoms with Gasteiger partial charge in [0.1, 0.15) is 5.25 Å². The third-order valence-electron chi connectivity index (χ3n) is 5.24. The molecule has 0 aliphatic rings. The van der Waals surface area contributed by atoms with E-state index in [0.29, 0.717) is 4.90 Å². The smallest absolute Gasteiger partial charge is 0.188 e. The van der Waals surface area contributed by atoms with Gasteiger partial charge in [0.05, 0.1) is 4.90 Å².